The summed E-state index contributed by atoms with van der Waals surface area (Å²) in [7, 11) is 0. The zero-order valence-corrected chi connectivity index (χ0v) is 41.2. The molecule has 0 N–H and O–H groups in total. The SMILES string of the molecule is CCC(C)(C)C(=O)OC(C)(C)C12CC3CC(CC(C3)C1)C2.CCC(C)(C)C(=O)OC(C)(C)C12CC3CC(CC1C3)C2.CCC(C)(C)C(=O)OC1(C)C2CC3CC(C2)CC1C3. The summed E-state index contributed by atoms with van der Waals surface area (Å²) >= 11 is 0. The maximum Gasteiger partial charge on any atom is 0.312 e. The second-order valence-corrected chi connectivity index (χ2v) is 26.3. The van der Waals surface area contributed by atoms with Gasteiger partial charge in [0.25, 0.3) is 0 Å². The van der Waals surface area contributed by atoms with E-state index in [1.807, 2.05) is 41.5 Å². The van der Waals surface area contributed by atoms with Crippen LogP contribution in [0.25, 0.3) is 0 Å². The predicted molar refractivity (Wildman–Crippen MR) is 241 cm³/mol. The van der Waals surface area contributed by atoms with Gasteiger partial charge in [-0.15, -0.1) is 0 Å². The Hall–Kier alpha value is -1.59. The summed E-state index contributed by atoms with van der Waals surface area (Å²) in [6.07, 6.45) is 24.1. The van der Waals surface area contributed by atoms with Crippen LogP contribution < -0.4 is 0 Å². The zero-order valence-electron chi connectivity index (χ0n) is 41.2. The van der Waals surface area contributed by atoms with Gasteiger partial charge in [0.2, 0.25) is 0 Å². The second-order valence-electron chi connectivity index (χ2n) is 26.3. The van der Waals surface area contributed by atoms with Crippen LogP contribution in [0.1, 0.15) is 219 Å². The Kier molecular flexibility index (Phi) is 12.2. The third-order valence-electron chi connectivity index (χ3n) is 20.6. The molecule has 0 aromatic heterocycles. The Balaban J connectivity index is 0.000000136. The second kappa shape index (κ2) is 15.8. The van der Waals surface area contributed by atoms with Crippen molar-refractivity contribution in [3.8, 4) is 0 Å². The third-order valence-corrected chi connectivity index (χ3v) is 20.6. The van der Waals surface area contributed by atoms with Gasteiger partial charge in [-0.2, -0.15) is 0 Å². The zero-order chi connectivity index (χ0) is 44.1. The summed E-state index contributed by atoms with van der Waals surface area (Å²) < 4.78 is 18.4. The van der Waals surface area contributed by atoms with E-state index in [1.165, 1.54) is 103 Å². The quantitative estimate of drug-likeness (QED) is 0.152. The Bertz CT molecular complexity index is 1530. The van der Waals surface area contributed by atoms with E-state index in [0.29, 0.717) is 11.8 Å². The Morgan fingerprint density at radius 1 is 0.433 bits per heavy atom. The van der Waals surface area contributed by atoms with Crippen LogP contribution in [0, 0.1) is 86.3 Å². The topological polar surface area (TPSA) is 78.9 Å². The monoisotopic (exact) mass is 835 g/mol. The van der Waals surface area contributed by atoms with Crippen molar-refractivity contribution in [2.45, 2.75) is 236 Å². The first-order valence-corrected chi connectivity index (χ1v) is 25.4. The Labute approximate surface area is 367 Å². The highest BCUT2D eigenvalue weighted by molar-refractivity contribution is 5.77. The van der Waals surface area contributed by atoms with Crippen molar-refractivity contribution >= 4 is 17.9 Å². The Morgan fingerprint density at radius 2 is 0.750 bits per heavy atom. The largest absolute Gasteiger partial charge is 0.459 e. The van der Waals surface area contributed by atoms with Crippen LogP contribution in [-0.2, 0) is 28.6 Å². The van der Waals surface area contributed by atoms with Crippen LogP contribution in [0.15, 0.2) is 0 Å². The Morgan fingerprint density at radius 3 is 1.13 bits per heavy atom. The van der Waals surface area contributed by atoms with Crippen LogP contribution in [-0.4, -0.2) is 34.7 Å². The molecule has 12 saturated carbocycles. The average molecular weight is 835 g/mol. The molecule has 0 spiro atoms. The number of hydrogen-bond donors (Lipinski definition) is 0. The summed E-state index contributed by atoms with van der Waals surface area (Å²) in [6, 6.07) is 0. The molecular weight excluding hydrogens is 745 g/mol. The van der Waals surface area contributed by atoms with Crippen molar-refractivity contribution in [3.63, 3.8) is 0 Å². The minimum absolute atomic E-state index is 0.00857. The van der Waals surface area contributed by atoms with Crippen LogP contribution in [0.4, 0.5) is 0 Å². The predicted octanol–water partition coefficient (Wildman–Crippen LogP) is 13.7. The smallest absolute Gasteiger partial charge is 0.312 e. The normalized spacial score (nSPS) is 40.7. The van der Waals surface area contributed by atoms with Crippen molar-refractivity contribution < 1.29 is 28.6 Å². The summed E-state index contributed by atoms with van der Waals surface area (Å²) in [5.74, 6) is 8.41. The van der Waals surface area contributed by atoms with Crippen LogP contribution in [0.2, 0.25) is 0 Å². The first-order valence-electron chi connectivity index (χ1n) is 25.4. The fourth-order valence-electron chi connectivity index (χ4n) is 15.6. The maximum absolute atomic E-state index is 12.6. The van der Waals surface area contributed by atoms with E-state index in [-0.39, 0.29) is 61.8 Å². The molecule has 2 unspecified atom stereocenters. The highest BCUT2D eigenvalue weighted by Crippen LogP contribution is 2.70. The molecule has 12 fully saturated rings. The fraction of sp³-hybridized carbons (Fsp3) is 0.944. The van der Waals surface area contributed by atoms with E-state index in [9.17, 15) is 14.4 Å². The van der Waals surface area contributed by atoms with Gasteiger partial charge in [-0.3, -0.25) is 14.4 Å². The lowest BCUT2D eigenvalue weighted by atomic mass is 9.46. The molecule has 0 saturated heterocycles. The molecular formula is C54H90O6. The molecule has 0 aliphatic heterocycles. The fourth-order valence-corrected chi connectivity index (χ4v) is 15.6. The number of esters is 3. The van der Waals surface area contributed by atoms with Gasteiger partial charge in [0.05, 0.1) is 16.2 Å². The number of carbonyl (C=O) groups excluding carboxylic acids is 3. The van der Waals surface area contributed by atoms with E-state index < -0.39 is 0 Å². The van der Waals surface area contributed by atoms with Crippen molar-refractivity contribution in [2.75, 3.05) is 0 Å². The van der Waals surface area contributed by atoms with Crippen molar-refractivity contribution in [2.24, 2.45) is 86.3 Å². The molecule has 60 heavy (non-hydrogen) atoms. The molecule has 12 aliphatic carbocycles. The van der Waals surface area contributed by atoms with Crippen LogP contribution in [0.5, 0.6) is 0 Å². The molecule has 6 heteroatoms. The third kappa shape index (κ3) is 8.19. The van der Waals surface area contributed by atoms with E-state index >= 15 is 0 Å². The van der Waals surface area contributed by atoms with Crippen LogP contribution >= 0.6 is 0 Å². The summed E-state index contributed by atoms with van der Waals surface area (Å²) in [5.41, 5.74) is -1.31. The number of rotatable bonds is 11. The number of carbonyl (C=O) groups is 3. The van der Waals surface area contributed by atoms with Crippen molar-refractivity contribution in [3.05, 3.63) is 0 Å². The first kappa shape index (κ1) is 46.4. The van der Waals surface area contributed by atoms with E-state index in [4.69, 9.17) is 14.2 Å². The van der Waals surface area contributed by atoms with Gasteiger partial charge in [0.15, 0.2) is 0 Å². The van der Waals surface area contributed by atoms with Gasteiger partial charge < -0.3 is 14.2 Å². The molecule has 0 amide bonds. The standard InChI is InChI=1S/C19H32O2.C18H30O2.C17H28O2/c1-6-17(2,3)16(20)21-18(4,5)19-10-13-7-14(11-19)9-15(8-13)12-19;1-6-16(2,3)15(19)20-17(4,5)18-10-12-7-13(11-18)9-14(18)8-12;1-5-16(2,3)15(18)19-17(4)13-7-11-6-12(9-13)10-14(17)8-11/h13-15H,6-12H2,1-5H3;12-14H,6-11H2,1-5H3;11-14H,5-10H2,1-4H3. The lowest BCUT2D eigenvalue weighted by molar-refractivity contribution is -0.211. The van der Waals surface area contributed by atoms with Crippen molar-refractivity contribution in [1.82, 2.24) is 0 Å². The molecule has 0 aromatic rings. The maximum atomic E-state index is 12.6. The van der Waals surface area contributed by atoms with E-state index in [2.05, 4.69) is 55.4 Å². The first-order chi connectivity index (χ1) is 27.7. The van der Waals surface area contributed by atoms with E-state index in [0.717, 1.165) is 66.6 Å². The van der Waals surface area contributed by atoms with Gasteiger partial charge in [0, 0.05) is 10.8 Å². The minimum atomic E-state index is -0.362. The lowest BCUT2D eigenvalue weighted by Crippen LogP contribution is -2.58. The molecule has 12 aliphatic rings. The molecule has 12 bridgehead atoms. The number of hydrogen-bond acceptors (Lipinski definition) is 6. The van der Waals surface area contributed by atoms with E-state index in [1.54, 1.807) is 0 Å². The van der Waals surface area contributed by atoms with Gasteiger partial charge in [-0.25, -0.2) is 0 Å². The highest BCUT2D eigenvalue weighted by atomic mass is 16.6. The number of ether oxygens (including phenoxy) is 3. The van der Waals surface area contributed by atoms with Crippen LogP contribution in [0.3, 0.4) is 0 Å². The van der Waals surface area contributed by atoms with Crippen molar-refractivity contribution in [1.29, 1.82) is 0 Å². The minimum Gasteiger partial charge on any atom is -0.459 e. The molecule has 12 rings (SSSR count). The molecule has 0 aromatic carbocycles. The molecule has 0 radical (unpaired) electrons. The summed E-state index contributed by atoms with van der Waals surface area (Å²) in [5, 5.41) is 0. The lowest BCUT2D eigenvalue weighted by Gasteiger charge is -2.61. The summed E-state index contributed by atoms with van der Waals surface area (Å²) in [4.78, 5) is 37.6. The van der Waals surface area contributed by atoms with Gasteiger partial charge in [-0.05, 0) is 257 Å². The highest BCUT2D eigenvalue weighted by Gasteiger charge is 2.65. The molecule has 0 heterocycles. The molecule has 6 nitrogen and oxygen atoms in total. The summed E-state index contributed by atoms with van der Waals surface area (Å²) in [6.45, 7) is 29.2. The molecule has 342 valence electrons. The van der Waals surface area contributed by atoms with Gasteiger partial charge in [-0.1, -0.05) is 20.8 Å². The molecule has 2 atom stereocenters. The van der Waals surface area contributed by atoms with Gasteiger partial charge >= 0.3 is 17.9 Å². The van der Waals surface area contributed by atoms with Gasteiger partial charge in [0.1, 0.15) is 16.8 Å². The average Bonchev–Trinajstić information content (AvgIpc) is 3.57.